The van der Waals surface area contributed by atoms with E-state index in [9.17, 15) is 4.79 Å². The molecule has 3 N–H and O–H groups in total. The molecule has 15 heavy (non-hydrogen) atoms. The number of nitrogens with one attached hydrogen (secondary N) is 2. The lowest BCUT2D eigenvalue weighted by Gasteiger charge is -2.08. The first-order valence-electron chi connectivity index (χ1n) is 5.22. The minimum atomic E-state index is -0.0399. The Morgan fingerprint density at radius 2 is 2.33 bits per heavy atom. The van der Waals surface area contributed by atoms with Crippen molar-refractivity contribution in [1.29, 1.82) is 0 Å². The third-order valence-corrected chi connectivity index (χ3v) is 2.02. The van der Waals surface area contributed by atoms with Crippen molar-refractivity contribution in [3.8, 4) is 12.3 Å². The molecule has 0 fully saturated rings. The number of carbonyl (C=O) groups is 1. The van der Waals surface area contributed by atoms with E-state index >= 15 is 0 Å². The monoisotopic (exact) mass is 212 g/mol. The Balaban J connectivity index is 3.28. The van der Waals surface area contributed by atoms with E-state index in [1.807, 2.05) is 6.92 Å². The summed E-state index contributed by atoms with van der Waals surface area (Å²) in [6, 6.07) is 0. The normalized spacial score (nSPS) is 11.8. The second kappa shape index (κ2) is 9.50. The van der Waals surface area contributed by atoms with Crippen LogP contribution < -0.4 is 10.6 Å². The molecule has 1 unspecified atom stereocenters. The Bertz CT molecular complexity index is 211. The number of terminal acetylenes is 1. The highest BCUT2D eigenvalue weighted by Gasteiger charge is 2.01. The van der Waals surface area contributed by atoms with E-state index in [1.54, 1.807) is 0 Å². The van der Waals surface area contributed by atoms with Crippen LogP contribution in [0.3, 0.4) is 0 Å². The van der Waals surface area contributed by atoms with Crippen molar-refractivity contribution in [2.75, 3.05) is 26.2 Å². The molecular weight excluding hydrogens is 192 g/mol. The van der Waals surface area contributed by atoms with Gasteiger partial charge in [0.15, 0.2) is 0 Å². The minimum Gasteiger partial charge on any atom is -0.396 e. The Labute approximate surface area is 91.4 Å². The van der Waals surface area contributed by atoms with Crippen LogP contribution in [0.4, 0.5) is 0 Å². The molecular formula is C11H20N2O2. The number of hydrogen-bond donors (Lipinski definition) is 3. The van der Waals surface area contributed by atoms with E-state index in [4.69, 9.17) is 11.5 Å². The van der Waals surface area contributed by atoms with Crippen LogP contribution in [0, 0.1) is 18.3 Å². The topological polar surface area (TPSA) is 61.4 Å². The van der Waals surface area contributed by atoms with E-state index in [2.05, 4.69) is 16.6 Å². The third-order valence-electron chi connectivity index (χ3n) is 2.02. The van der Waals surface area contributed by atoms with Gasteiger partial charge in [-0.3, -0.25) is 10.1 Å². The lowest BCUT2D eigenvalue weighted by Crippen LogP contribution is -2.34. The number of aliphatic hydroxyl groups is 1. The van der Waals surface area contributed by atoms with E-state index in [-0.39, 0.29) is 19.1 Å². The Kier molecular flexibility index (Phi) is 8.84. The molecule has 0 aromatic carbocycles. The first kappa shape index (κ1) is 13.9. The van der Waals surface area contributed by atoms with E-state index in [1.165, 1.54) is 0 Å². The van der Waals surface area contributed by atoms with Crippen LogP contribution in [0.5, 0.6) is 0 Å². The van der Waals surface area contributed by atoms with Crippen molar-refractivity contribution >= 4 is 5.91 Å². The predicted molar refractivity (Wildman–Crippen MR) is 60.2 cm³/mol. The molecule has 4 nitrogen and oxygen atoms in total. The van der Waals surface area contributed by atoms with Gasteiger partial charge in [0.05, 0.1) is 13.1 Å². The van der Waals surface area contributed by atoms with E-state index in [0.29, 0.717) is 19.0 Å². The zero-order valence-electron chi connectivity index (χ0n) is 9.25. The Morgan fingerprint density at radius 1 is 1.60 bits per heavy atom. The first-order valence-corrected chi connectivity index (χ1v) is 5.22. The van der Waals surface area contributed by atoms with Crippen molar-refractivity contribution in [2.45, 2.75) is 19.8 Å². The highest BCUT2D eigenvalue weighted by molar-refractivity contribution is 5.77. The summed E-state index contributed by atoms with van der Waals surface area (Å²) in [7, 11) is 0. The molecule has 0 rings (SSSR count). The molecule has 0 bridgehead atoms. The van der Waals surface area contributed by atoms with Crippen LogP contribution >= 0.6 is 0 Å². The predicted octanol–water partition coefficient (Wildman–Crippen LogP) is -0.266. The first-order chi connectivity index (χ1) is 7.20. The van der Waals surface area contributed by atoms with Crippen LogP contribution in [0.2, 0.25) is 0 Å². The van der Waals surface area contributed by atoms with E-state index in [0.717, 1.165) is 12.8 Å². The fourth-order valence-corrected chi connectivity index (χ4v) is 1.08. The SMILES string of the molecule is C#CCNCC(=O)NCCCC(C)CO. The van der Waals surface area contributed by atoms with Crippen LogP contribution in [-0.2, 0) is 4.79 Å². The van der Waals surface area contributed by atoms with Gasteiger partial charge in [-0.05, 0) is 18.8 Å². The van der Waals surface area contributed by atoms with Gasteiger partial charge in [-0.25, -0.2) is 0 Å². The maximum atomic E-state index is 11.1. The molecule has 0 radical (unpaired) electrons. The average molecular weight is 212 g/mol. The highest BCUT2D eigenvalue weighted by Crippen LogP contribution is 2.02. The maximum Gasteiger partial charge on any atom is 0.233 e. The van der Waals surface area contributed by atoms with Gasteiger partial charge < -0.3 is 10.4 Å². The Hall–Kier alpha value is -1.05. The van der Waals surface area contributed by atoms with Gasteiger partial charge in [-0.1, -0.05) is 12.8 Å². The van der Waals surface area contributed by atoms with Gasteiger partial charge >= 0.3 is 0 Å². The quantitative estimate of drug-likeness (QED) is 0.383. The van der Waals surface area contributed by atoms with Gasteiger partial charge in [-0.15, -0.1) is 6.42 Å². The summed E-state index contributed by atoms with van der Waals surface area (Å²) in [5, 5.41) is 14.3. The second-order valence-corrected chi connectivity index (χ2v) is 3.59. The van der Waals surface area contributed by atoms with Crippen LogP contribution in [-0.4, -0.2) is 37.3 Å². The molecule has 86 valence electrons. The molecule has 1 atom stereocenters. The molecule has 0 aliphatic carbocycles. The largest absolute Gasteiger partial charge is 0.396 e. The van der Waals surface area contributed by atoms with Crippen molar-refractivity contribution in [1.82, 2.24) is 10.6 Å². The second-order valence-electron chi connectivity index (χ2n) is 3.59. The molecule has 0 aromatic rings. The lowest BCUT2D eigenvalue weighted by atomic mass is 10.1. The molecule has 4 heteroatoms. The molecule has 0 aliphatic rings. The number of hydrogen-bond acceptors (Lipinski definition) is 3. The van der Waals surface area contributed by atoms with Crippen LogP contribution in [0.15, 0.2) is 0 Å². The van der Waals surface area contributed by atoms with Crippen molar-refractivity contribution in [2.24, 2.45) is 5.92 Å². The number of aliphatic hydroxyl groups excluding tert-OH is 1. The summed E-state index contributed by atoms with van der Waals surface area (Å²) in [5.74, 6) is 2.66. The minimum absolute atomic E-state index is 0.0399. The van der Waals surface area contributed by atoms with Crippen molar-refractivity contribution < 1.29 is 9.90 Å². The summed E-state index contributed by atoms with van der Waals surface area (Å²) < 4.78 is 0. The molecule has 0 heterocycles. The molecule has 0 spiro atoms. The van der Waals surface area contributed by atoms with E-state index < -0.39 is 0 Å². The van der Waals surface area contributed by atoms with Gasteiger partial charge in [0, 0.05) is 13.2 Å². The zero-order chi connectivity index (χ0) is 11.5. The fraction of sp³-hybridized carbons (Fsp3) is 0.727. The summed E-state index contributed by atoms with van der Waals surface area (Å²) in [6.07, 6.45) is 6.83. The number of carbonyl (C=O) groups excluding carboxylic acids is 1. The third kappa shape index (κ3) is 9.26. The summed E-state index contributed by atoms with van der Waals surface area (Å²) in [6.45, 7) is 3.52. The van der Waals surface area contributed by atoms with Gasteiger partial charge in [0.2, 0.25) is 5.91 Å². The van der Waals surface area contributed by atoms with Gasteiger partial charge in [0.1, 0.15) is 0 Å². The molecule has 0 saturated heterocycles. The highest BCUT2D eigenvalue weighted by atomic mass is 16.3. The number of rotatable bonds is 8. The number of amides is 1. The smallest absolute Gasteiger partial charge is 0.233 e. The average Bonchev–Trinajstić information content (AvgIpc) is 2.24. The maximum absolute atomic E-state index is 11.1. The summed E-state index contributed by atoms with van der Waals surface area (Å²) in [4.78, 5) is 11.1. The van der Waals surface area contributed by atoms with Crippen LogP contribution in [0.25, 0.3) is 0 Å². The zero-order valence-corrected chi connectivity index (χ0v) is 9.25. The molecule has 0 aliphatic heterocycles. The molecule has 1 amide bonds. The lowest BCUT2D eigenvalue weighted by molar-refractivity contribution is -0.120. The van der Waals surface area contributed by atoms with Gasteiger partial charge in [0.25, 0.3) is 0 Å². The Morgan fingerprint density at radius 3 is 2.93 bits per heavy atom. The molecule has 0 saturated carbocycles. The fourth-order valence-electron chi connectivity index (χ4n) is 1.08. The van der Waals surface area contributed by atoms with Gasteiger partial charge in [-0.2, -0.15) is 0 Å². The summed E-state index contributed by atoms with van der Waals surface area (Å²) >= 11 is 0. The summed E-state index contributed by atoms with van der Waals surface area (Å²) in [5.41, 5.74) is 0. The molecule has 0 aromatic heterocycles. The van der Waals surface area contributed by atoms with Crippen LogP contribution in [0.1, 0.15) is 19.8 Å². The van der Waals surface area contributed by atoms with Crippen molar-refractivity contribution in [3.05, 3.63) is 0 Å². The van der Waals surface area contributed by atoms with Crippen molar-refractivity contribution in [3.63, 3.8) is 0 Å². The standard InChI is InChI=1S/C11H20N2O2/c1-3-6-12-8-11(15)13-7-4-5-10(2)9-14/h1,10,12,14H,4-9H2,2H3,(H,13,15).